The van der Waals surface area contributed by atoms with Crippen LogP contribution >= 0.6 is 0 Å². The van der Waals surface area contributed by atoms with Gasteiger partial charge in [0.2, 0.25) is 0 Å². The van der Waals surface area contributed by atoms with Crippen molar-refractivity contribution >= 4 is 17.1 Å². The maximum Gasteiger partial charge on any atom is 0.154 e. The topological polar surface area (TPSA) is 158 Å². The number of hydrogen-bond acceptors (Lipinski definition) is 9. The van der Waals surface area contributed by atoms with Gasteiger partial charge in [-0.1, -0.05) is 326 Å². The quantitative estimate of drug-likeness (QED) is 0.0412. The summed E-state index contributed by atoms with van der Waals surface area (Å²) in [6.45, 7) is 73.9. The smallest absolute Gasteiger partial charge is 0.154 e. The number of nitrogens with one attached hydrogen (secondary N) is 1. The van der Waals surface area contributed by atoms with Gasteiger partial charge in [-0.15, -0.1) is 4.91 Å². The molecule has 0 bridgehead atoms. The number of phenols is 4. The molecular formula is C99H137N3O6. The third kappa shape index (κ3) is 19.5. The van der Waals surface area contributed by atoms with Crippen molar-refractivity contribution in [2.45, 2.75) is 333 Å². The van der Waals surface area contributed by atoms with Gasteiger partial charge in [0.25, 0.3) is 0 Å². The molecule has 0 atom stereocenters. The first-order valence-corrected chi connectivity index (χ1v) is 39.5. The molecule has 0 aromatic heterocycles. The van der Waals surface area contributed by atoms with E-state index >= 15 is 0 Å². The lowest BCUT2D eigenvalue weighted by atomic mass is 9.76. The van der Waals surface area contributed by atoms with Crippen molar-refractivity contribution in [1.29, 1.82) is 0 Å². The van der Waals surface area contributed by atoms with Crippen molar-refractivity contribution in [2.75, 3.05) is 5.32 Å². The zero-order chi connectivity index (χ0) is 81.7. The van der Waals surface area contributed by atoms with Gasteiger partial charge in [-0.25, -0.2) is 0 Å². The summed E-state index contributed by atoms with van der Waals surface area (Å²) in [5.74, 6) is 8.27. The second-order valence-electron chi connectivity index (χ2n) is 43.2. The summed E-state index contributed by atoms with van der Waals surface area (Å²) in [6, 6.07) is 36.3. The fourth-order valence-corrected chi connectivity index (χ4v) is 15.7. The molecule has 0 aliphatic rings. The Balaban J connectivity index is 1.64. The van der Waals surface area contributed by atoms with Crippen LogP contribution in [0.4, 0.5) is 17.1 Å². The molecule has 0 fully saturated rings. The molecule has 8 aromatic rings. The van der Waals surface area contributed by atoms with Crippen molar-refractivity contribution in [1.82, 2.24) is 0 Å². The molecule has 8 rings (SSSR count). The van der Waals surface area contributed by atoms with E-state index in [9.17, 15) is 25.3 Å². The fraction of sp³-hybridized carbons (Fsp3) is 0.515. The lowest BCUT2D eigenvalue weighted by Gasteiger charge is -2.30. The van der Waals surface area contributed by atoms with Gasteiger partial charge in [0.15, 0.2) is 5.75 Å². The van der Waals surface area contributed by atoms with Crippen LogP contribution < -0.4 is 16.1 Å². The Morgan fingerprint density at radius 3 is 0.676 bits per heavy atom. The van der Waals surface area contributed by atoms with Crippen LogP contribution in [0.25, 0.3) is 0 Å². The summed E-state index contributed by atoms with van der Waals surface area (Å²) in [5.41, 5.74) is 21.8. The second kappa shape index (κ2) is 29.7. The first-order valence-electron chi connectivity index (χ1n) is 39.5. The van der Waals surface area contributed by atoms with E-state index in [-0.39, 0.29) is 27.1 Å². The van der Waals surface area contributed by atoms with E-state index in [0.717, 1.165) is 145 Å². The summed E-state index contributed by atoms with van der Waals surface area (Å²) in [6.07, 6.45) is 3.05. The number of anilines is 2. The van der Waals surface area contributed by atoms with E-state index in [0.29, 0.717) is 73.0 Å². The van der Waals surface area contributed by atoms with Crippen molar-refractivity contribution in [3.05, 3.63) is 235 Å². The molecule has 7 N–H and O–H groups in total. The Labute approximate surface area is 652 Å². The molecular weight excluding hydrogens is 1330 g/mol. The van der Waals surface area contributed by atoms with Gasteiger partial charge in [0.05, 0.1) is 0 Å². The molecule has 108 heavy (non-hydrogen) atoms. The highest BCUT2D eigenvalue weighted by Gasteiger charge is 2.35. The molecule has 9 nitrogen and oxygen atoms in total. The van der Waals surface area contributed by atoms with E-state index in [1.807, 2.05) is 6.92 Å². The summed E-state index contributed by atoms with van der Waals surface area (Å²) in [7, 11) is 0. The molecule has 0 saturated carbocycles. The third-order valence-corrected chi connectivity index (χ3v) is 21.7. The van der Waals surface area contributed by atoms with Gasteiger partial charge >= 0.3 is 0 Å². The van der Waals surface area contributed by atoms with Crippen LogP contribution in [0.3, 0.4) is 0 Å². The monoisotopic (exact) mass is 1460 g/mol. The first-order chi connectivity index (χ1) is 48.9. The molecule has 0 unspecified atom stereocenters. The molecule has 0 saturated heterocycles. The number of rotatable bonds is 16. The summed E-state index contributed by atoms with van der Waals surface area (Å²) in [4.78, 5) is 19.3. The number of benzene rings is 8. The maximum absolute atomic E-state index is 13.4. The van der Waals surface area contributed by atoms with Gasteiger partial charge in [-0.3, -0.25) is 0 Å². The lowest BCUT2D eigenvalue weighted by Crippen LogP contribution is -2.22. The lowest BCUT2D eigenvalue weighted by molar-refractivity contribution is 0.313. The molecule has 0 aliphatic carbocycles. The van der Waals surface area contributed by atoms with E-state index in [4.69, 9.17) is 10.7 Å². The number of aryl methyl sites for hydroxylation is 1. The Hall–Kier alpha value is -7.88. The Morgan fingerprint density at radius 1 is 0.278 bits per heavy atom. The number of hydrogen-bond donors (Lipinski definition) is 6. The number of nitroso groups, excluding NO2 is 1. The summed E-state index contributed by atoms with van der Waals surface area (Å²) < 4.78 is 0. The van der Waals surface area contributed by atoms with E-state index in [2.05, 4.69) is 336 Å². The van der Waals surface area contributed by atoms with Crippen LogP contribution in [0.1, 0.15) is 362 Å². The minimum absolute atomic E-state index is 0.301. The average Bonchev–Trinajstić information content (AvgIpc) is 0.777. The predicted molar refractivity (Wildman–Crippen MR) is 459 cm³/mol. The Morgan fingerprint density at radius 2 is 0.463 bits per heavy atom. The van der Waals surface area contributed by atoms with Crippen LogP contribution in [0, 0.1) is 11.8 Å². The minimum atomic E-state index is -0.447. The molecule has 0 amide bonds. The molecule has 584 valence electrons. The number of aromatic hydroxyl groups is 4. The zero-order valence-corrected chi connectivity index (χ0v) is 73.1. The normalized spacial score (nSPS) is 13.4. The summed E-state index contributed by atoms with van der Waals surface area (Å²) >= 11 is 0. The molecule has 0 radical (unpaired) electrons. The largest absolute Gasteiger partial charge is 0.507 e. The van der Waals surface area contributed by atoms with Crippen molar-refractivity contribution in [3.8, 4) is 28.7 Å². The third-order valence-electron chi connectivity index (χ3n) is 21.7. The highest BCUT2D eigenvalue weighted by Crippen LogP contribution is 2.49. The van der Waals surface area contributed by atoms with Crippen LogP contribution in [0.5, 0.6) is 28.7 Å². The number of nitrogens with two attached hydrogens (primary N) is 1. The second-order valence-corrected chi connectivity index (χ2v) is 43.2. The van der Waals surface area contributed by atoms with Crippen LogP contribution in [-0.2, 0) is 98.1 Å². The van der Waals surface area contributed by atoms with Crippen molar-refractivity contribution < 1.29 is 25.3 Å². The fourth-order valence-electron chi connectivity index (χ4n) is 15.7. The SMILES string of the molecule is Cc1cc(Cc2cc(Cc3cc(C(C)(C)C)c(ON)c(C(C)(C)C)c3)cc(Cc3cc(C(C)(C)C)c(O)c(C(C)(C)C)c3)c2Nc2c(Cc3cc(C(C)(C)C)c(O)c(C(C)(C)C)c3)cc(Cc3cc(C(C)(C)C)c(O)c(C(C)(C)C)c3)cc2Cc2cc(C(C)(C)C)c(N=O)c(C(C)(C)C)c2)cc(C(C)(C)C)c1O. The van der Waals surface area contributed by atoms with Gasteiger partial charge in [0, 0.05) is 22.5 Å². The van der Waals surface area contributed by atoms with Crippen molar-refractivity contribution in [3.63, 3.8) is 0 Å². The maximum atomic E-state index is 13.4. The molecule has 0 heterocycles. The number of nitrogens with zero attached hydrogens (tertiary/aromatic N) is 1. The Bertz CT molecular complexity index is 4530. The van der Waals surface area contributed by atoms with Crippen molar-refractivity contribution in [2.24, 2.45) is 11.1 Å². The Kier molecular flexibility index (Phi) is 23.6. The standard InChI is InChI=1S/C99H137N3O6/c1-57-35-58(48-72(84(57)103)91(8,9)10)38-66-39-60(37-62-55-79(98(29,30)31)88(108-100)80(56-62)99(32,33)34)42-68(44-64-51-75(94(17,18)19)86(105)76(52-64)95(20,21)22)81(66)101-82-67(43-63-46-70(89(2,3)4)83(102-107)71(47-63)90(5,6)7)40-59(36-61-49-73(92(11,12)13)85(104)74(50-61)93(14,15)16)41-69(82)45-65-53-77(96(23,24)25)87(106)78(54-65)97(26,27)28/h35,39-42,46-56,101,103-106H,36-38,43-45,100H2,1-34H3. The first kappa shape index (κ1) is 85.7. The van der Waals surface area contributed by atoms with Gasteiger partial charge < -0.3 is 30.6 Å². The highest BCUT2D eigenvalue weighted by atomic mass is 16.6. The van der Waals surface area contributed by atoms with Crippen LogP contribution in [-0.4, -0.2) is 20.4 Å². The van der Waals surface area contributed by atoms with Gasteiger partial charge in [-0.2, -0.15) is 5.90 Å². The van der Waals surface area contributed by atoms with Gasteiger partial charge in [-0.05, 0) is 233 Å². The van der Waals surface area contributed by atoms with E-state index in [1.54, 1.807) is 0 Å². The summed E-state index contributed by atoms with van der Waals surface area (Å²) in [5, 5.41) is 57.5. The predicted octanol–water partition coefficient (Wildman–Crippen LogP) is 26.0. The molecule has 9 heteroatoms. The zero-order valence-electron chi connectivity index (χ0n) is 73.1. The molecule has 0 spiro atoms. The number of phenolic OH excluding ortho intramolecular Hbond substituents is 4. The minimum Gasteiger partial charge on any atom is -0.507 e. The van der Waals surface area contributed by atoms with Crippen LogP contribution in [0.15, 0.2) is 102 Å². The molecule has 8 aromatic carbocycles. The van der Waals surface area contributed by atoms with Gasteiger partial charge in [0.1, 0.15) is 28.7 Å². The van der Waals surface area contributed by atoms with E-state index in [1.165, 1.54) is 0 Å². The highest BCUT2D eigenvalue weighted by molar-refractivity contribution is 5.76. The van der Waals surface area contributed by atoms with Crippen LogP contribution in [0.2, 0.25) is 0 Å². The van der Waals surface area contributed by atoms with E-state index < -0.39 is 32.5 Å². The average molecular weight is 1470 g/mol. The molecule has 0 aliphatic heterocycles.